The standard InChI is InChI=1S/C18H27N5OS.HI/c1-18(2,3)23-15(24)12-21-17(19-4)20-11-7-10-16-22-13-8-5-6-9-14(13)25-16;/h5-6,8-9H,7,10-12H2,1-4H3,(H,23,24)(H2,19,20,21);1H. The molecule has 1 aromatic carbocycles. The lowest BCUT2D eigenvalue weighted by Gasteiger charge is -2.21. The Morgan fingerprint density at radius 3 is 2.62 bits per heavy atom. The average molecular weight is 489 g/mol. The fourth-order valence-corrected chi connectivity index (χ4v) is 3.33. The van der Waals surface area contributed by atoms with Crippen LogP contribution in [-0.4, -0.2) is 42.5 Å². The van der Waals surface area contributed by atoms with Gasteiger partial charge >= 0.3 is 0 Å². The minimum absolute atomic E-state index is 0. The Kier molecular flexibility index (Phi) is 9.28. The Balaban J connectivity index is 0.00000338. The van der Waals surface area contributed by atoms with Gasteiger partial charge in [-0.2, -0.15) is 0 Å². The summed E-state index contributed by atoms with van der Waals surface area (Å²) in [4.78, 5) is 20.6. The molecule has 0 atom stereocenters. The zero-order chi connectivity index (χ0) is 18.3. The second-order valence-corrected chi connectivity index (χ2v) is 7.94. The van der Waals surface area contributed by atoms with Gasteiger partial charge in [-0.15, -0.1) is 35.3 Å². The quantitative estimate of drug-likeness (QED) is 0.253. The number of nitrogens with zero attached hydrogens (tertiary/aromatic N) is 2. The zero-order valence-electron chi connectivity index (χ0n) is 15.8. The number of halogens is 1. The summed E-state index contributed by atoms with van der Waals surface area (Å²) in [6, 6.07) is 8.20. The molecule has 0 unspecified atom stereocenters. The maximum atomic E-state index is 11.8. The molecule has 0 spiro atoms. The van der Waals surface area contributed by atoms with Gasteiger partial charge in [-0.1, -0.05) is 12.1 Å². The largest absolute Gasteiger partial charge is 0.356 e. The summed E-state index contributed by atoms with van der Waals surface area (Å²) in [5.41, 5.74) is 0.838. The number of amides is 1. The number of thiazole rings is 1. The van der Waals surface area contributed by atoms with Crippen molar-refractivity contribution in [1.29, 1.82) is 0 Å². The van der Waals surface area contributed by atoms with Crippen LogP contribution in [0.15, 0.2) is 29.3 Å². The summed E-state index contributed by atoms with van der Waals surface area (Å²) in [6.45, 7) is 6.85. The number of para-hydroxylation sites is 1. The van der Waals surface area contributed by atoms with Gasteiger partial charge in [0.1, 0.15) is 0 Å². The summed E-state index contributed by atoms with van der Waals surface area (Å²) in [5.74, 6) is 0.582. The molecule has 8 heteroatoms. The third-order valence-electron chi connectivity index (χ3n) is 3.35. The molecule has 144 valence electrons. The van der Waals surface area contributed by atoms with Gasteiger partial charge in [-0.25, -0.2) is 4.98 Å². The van der Waals surface area contributed by atoms with Gasteiger partial charge < -0.3 is 16.0 Å². The van der Waals surface area contributed by atoms with Crippen LogP contribution < -0.4 is 16.0 Å². The summed E-state index contributed by atoms with van der Waals surface area (Å²) in [6.07, 6.45) is 1.88. The maximum absolute atomic E-state index is 11.8. The second kappa shape index (κ2) is 10.7. The first-order valence-electron chi connectivity index (χ1n) is 8.47. The van der Waals surface area contributed by atoms with Crippen molar-refractivity contribution >= 4 is 57.4 Å². The van der Waals surface area contributed by atoms with Crippen LogP contribution in [0.4, 0.5) is 0 Å². The monoisotopic (exact) mass is 489 g/mol. The molecule has 3 N–H and O–H groups in total. The molecule has 6 nitrogen and oxygen atoms in total. The van der Waals surface area contributed by atoms with E-state index in [-0.39, 0.29) is 42.0 Å². The van der Waals surface area contributed by atoms with E-state index in [1.54, 1.807) is 18.4 Å². The third kappa shape index (κ3) is 7.86. The van der Waals surface area contributed by atoms with Crippen molar-refractivity contribution in [3.63, 3.8) is 0 Å². The Labute approximate surface area is 176 Å². The number of aryl methyl sites for hydroxylation is 1. The van der Waals surface area contributed by atoms with E-state index >= 15 is 0 Å². The van der Waals surface area contributed by atoms with E-state index in [2.05, 4.69) is 32.0 Å². The number of rotatable bonds is 6. The molecule has 0 aliphatic heterocycles. The number of aromatic nitrogens is 1. The van der Waals surface area contributed by atoms with E-state index in [4.69, 9.17) is 0 Å². The number of fused-ring (bicyclic) bond motifs is 1. The van der Waals surface area contributed by atoms with Gasteiger partial charge in [0.25, 0.3) is 0 Å². The smallest absolute Gasteiger partial charge is 0.239 e. The van der Waals surface area contributed by atoms with Crippen LogP contribution in [0.25, 0.3) is 10.2 Å². The first-order valence-corrected chi connectivity index (χ1v) is 9.29. The minimum atomic E-state index is -0.229. The number of nitrogens with one attached hydrogen (secondary N) is 3. The topological polar surface area (TPSA) is 78.4 Å². The van der Waals surface area contributed by atoms with Crippen molar-refractivity contribution in [2.75, 3.05) is 20.1 Å². The van der Waals surface area contributed by atoms with E-state index in [0.717, 1.165) is 29.9 Å². The first kappa shape index (κ1) is 22.6. The maximum Gasteiger partial charge on any atom is 0.239 e. The van der Waals surface area contributed by atoms with Crippen LogP contribution >= 0.6 is 35.3 Å². The highest BCUT2D eigenvalue weighted by Crippen LogP contribution is 2.22. The number of carbonyl (C=O) groups excluding carboxylic acids is 1. The van der Waals surface area contributed by atoms with Crippen LogP contribution in [-0.2, 0) is 11.2 Å². The Hall–Kier alpha value is -1.42. The first-order chi connectivity index (χ1) is 11.9. The van der Waals surface area contributed by atoms with Crippen LogP contribution in [0.5, 0.6) is 0 Å². The summed E-state index contributed by atoms with van der Waals surface area (Å²) >= 11 is 1.74. The van der Waals surface area contributed by atoms with Gasteiger partial charge in [0.2, 0.25) is 5.91 Å². The molecule has 2 aromatic rings. The van der Waals surface area contributed by atoms with Crippen LogP contribution in [0, 0.1) is 0 Å². The Morgan fingerprint density at radius 1 is 1.23 bits per heavy atom. The number of guanidine groups is 1. The Morgan fingerprint density at radius 2 is 1.96 bits per heavy atom. The number of aliphatic imine (C=N–C) groups is 1. The average Bonchev–Trinajstić information content (AvgIpc) is 2.95. The fourth-order valence-electron chi connectivity index (χ4n) is 2.32. The van der Waals surface area contributed by atoms with Crippen molar-refractivity contribution in [3.05, 3.63) is 29.3 Å². The number of hydrogen-bond donors (Lipinski definition) is 3. The molecular weight excluding hydrogens is 461 g/mol. The molecule has 1 amide bonds. The van der Waals surface area contributed by atoms with E-state index in [0.29, 0.717) is 5.96 Å². The van der Waals surface area contributed by atoms with E-state index in [9.17, 15) is 4.79 Å². The number of hydrogen-bond acceptors (Lipinski definition) is 4. The van der Waals surface area contributed by atoms with E-state index < -0.39 is 0 Å². The van der Waals surface area contributed by atoms with Crippen molar-refractivity contribution in [3.8, 4) is 0 Å². The molecule has 0 aliphatic rings. The molecular formula is C18H28IN5OS. The number of carbonyl (C=O) groups is 1. The van der Waals surface area contributed by atoms with Gasteiger partial charge in [0, 0.05) is 25.6 Å². The van der Waals surface area contributed by atoms with Gasteiger partial charge in [0.05, 0.1) is 21.8 Å². The van der Waals surface area contributed by atoms with Gasteiger partial charge in [-0.3, -0.25) is 9.79 Å². The van der Waals surface area contributed by atoms with E-state index in [1.807, 2.05) is 39.0 Å². The highest BCUT2D eigenvalue weighted by Gasteiger charge is 2.13. The molecule has 0 saturated carbocycles. The lowest BCUT2D eigenvalue weighted by molar-refractivity contribution is -0.121. The lowest BCUT2D eigenvalue weighted by Crippen LogP contribution is -2.48. The lowest BCUT2D eigenvalue weighted by atomic mass is 10.1. The second-order valence-electron chi connectivity index (χ2n) is 6.83. The van der Waals surface area contributed by atoms with Crippen LogP contribution in [0.3, 0.4) is 0 Å². The van der Waals surface area contributed by atoms with Crippen molar-refractivity contribution in [1.82, 2.24) is 20.9 Å². The van der Waals surface area contributed by atoms with Crippen LogP contribution in [0.1, 0.15) is 32.2 Å². The molecule has 2 rings (SSSR count). The van der Waals surface area contributed by atoms with Crippen molar-refractivity contribution in [2.24, 2.45) is 4.99 Å². The normalized spacial score (nSPS) is 11.8. The predicted molar refractivity (Wildman–Crippen MR) is 121 cm³/mol. The highest BCUT2D eigenvalue weighted by atomic mass is 127. The Bertz CT molecular complexity index is 706. The molecule has 0 aliphatic carbocycles. The molecule has 26 heavy (non-hydrogen) atoms. The molecule has 0 fully saturated rings. The number of benzene rings is 1. The molecule has 1 aromatic heterocycles. The van der Waals surface area contributed by atoms with Crippen LogP contribution in [0.2, 0.25) is 0 Å². The fraction of sp³-hybridized carbons (Fsp3) is 0.500. The zero-order valence-corrected chi connectivity index (χ0v) is 18.9. The van der Waals surface area contributed by atoms with Crippen molar-refractivity contribution in [2.45, 2.75) is 39.2 Å². The minimum Gasteiger partial charge on any atom is -0.356 e. The van der Waals surface area contributed by atoms with Gasteiger partial charge in [-0.05, 0) is 39.3 Å². The van der Waals surface area contributed by atoms with E-state index in [1.165, 1.54) is 4.70 Å². The summed E-state index contributed by atoms with van der Waals surface area (Å²) < 4.78 is 1.23. The summed E-state index contributed by atoms with van der Waals surface area (Å²) in [5, 5.41) is 10.3. The third-order valence-corrected chi connectivity index (χ3v) is 4.45. The molecule has 0 bridgehead atoms. The highest BCUT2D eigenvalue weighted by molar-refractivity contribution is 14.0. The summed E-state index contributed by atoms with van der Waals surface area (Å²) in [7, 11) is 1.70. The van der Waals surface area contributed by atoms with Gasteiger partial charge in [0.15, 0.2) is 5.96 Å². The molecule has 1 heterocycles. The van der Waals surface area contributed by atoms with Crippen molar-refractivity contribution < 1.29 is 4.79 Å². The SMILES string of the molecule is CN=C(NCCCc1nc2ccccc2s1)NCC(=O)NC(C)(C)C.I. The predicted octanol–water partition coefficient (Wildman–Crippen LogP) is 2.93. The molecule has 0 radical (unpaired) electrons. The molecule has 0 saturated heterocycles.